The molecule has 4 nitrogen and oxygen atoms in total. The zero-order chi connectivity index (χ0) is 12.0. The minimum absolute atomic E-state index is 0.227. The van der Waals surface area contributed by atoms with Crippen LogP contribution >= 0.6 is 0 Å². The summed E-state index contributed by atoms with van der Waals surface area (Å²) in [5.41, 5.74) is 0. The van der Waals surface area contributed by atoms with Crippen molar-refractivity contribution in [3.63, 3.8) is 0 Å². The van der Waals surface area contributed by atoms with Gasteiger partial charge in [0.2, 0.25) is 10.0 Å². The second-order valence-electron chi connectivity index (χ2n) is 4.74. The largest absolute Gasteiger partial charge is 0.313 e. The second kappa shape index (κ2) is 6.57. The van der Waals surface area contributed by atoms with E-state index in [0.717, 1.165) is 25.7 Å². The van der Waals surface area contributed by atoms with Crippen molar-refractivity contribution >= 4 is 10.0 Å². The summed E-state index contributed by atoms with van der Waals surface area (Å²) in [6, 6.07) is 0.347. The van der Waals surface area contributed by atoms with Gasteiger partial charge < -0.3 is 5.32 Å². The van der Waals surface area contributed by atoms with Crippen LogP contribution in [0.4, 0.5) is 0 Å². The predicted octanol–water partition coefficient (Wildman–Crippen LogP) is 1.19. The van der Waals surface area contributed by atoms with Crippen molar-refractivity contribution < 1.29 is 8.42 Å². The first kappa shape index (κ1) is 13.9. The van der Waals surface area contributed by atoms with E-state index < -0.39 is 10.0 Å². The molecule has 1 N–H and O–H groups in total. The fourth-order valence-corrected chi connectivity index (χ4v) is 3.37. The number of sulfonamides is 1. The molecule has 16 heavy (non-hydrogen) atoms. The summed E-state index contributed by atoms with van der Waals surface area (Å²) in [6.45, 7) is 6.03. The Morgan fingerprint density at radius 3 is 2.19 bits per heavy atom. The number of hydrogen-bond acceptors (Lipinski definition) is 3. The molecule has 5 heteroatoms. The van der Waals surface area contributed by atoms with E-state index in [2.05, 4.69) is 5.32 Å². The maximum atomic E-state index is 12.0. The molecule has 1 fully saturated rings. The van der Waals surface area contributed by atoms with E-state index in [4.69, 9.17) is 0 Å². The van der Waals surface area contributed by atoms with Gasteiger partial charge in [0.05, 0.1) is 5.75 Å². The molecule has 0 radical (unpaired) electrons. The molecule has 96 valence electrons. The van der Waals surface area contributed by atoms with E-state index in [0.29, 0.717) is 25.7 Å². The van der Waals surface area contributed by atoms with Crippen LogP contribution in [0.1, 0.15) is 39.5 Å². The molecule has 0 aromatic rings. The molecule has 0 saturated carbocycles. The van der Waals surface area contributed by atoms with Crippen LogP contribution in [0.5, 0.6) is 0 Å². The molecule has 1 saturated heterocycles. The van der Waals surface area contributed by atoms with E-state index in [9.17, 15) is 8.42 Å². The SMILES string of the molecule is CC(C)NCCS(=O)(=O)N1CCCCCC1. The summed E-state index contributed by atoms with van der Waals surface area (Å²) in [4.78, 5) is 0. The lowest BCUT2D eigenvalue weighted by Crippen LogP contribution is -2.38. The quantitative estimate of drug-likeness (QED) is 0.795. The first-order valence-corrected chi connectivity index (χ1v) is 7.84. The lowest BCUT2D eigenvalue weighted by Gasteiger charge is -2.20. The number of rotatable bonds is 5. The van der Waals surface area contributed by atoms with Crippen LogP contribution < -0.4 is 5.32 Å². The van der Waals surface area contributed by atoms with Gasteiger partial charge in [0.1, 0.15) is 0 Å². The van der Waals surface area contributed by atoms with Gasteiger partial charge in [0, 0.05) is 25.7 Å². The van der Waals surface area contributed by atoms with Gasteiger partial charge in [-0.15, -0.1) is 0 Å². The normalized spacial score (nSPS) is 19.9. The van der Waals surface area contributed by atoms with Crippen LogP contribution in [-0.4, -0.2) is 44.2 Å². The molecule has 0 unspecified atom stereocenters. The van der Waals surface area contributed by atoms with Crippen molar-refractivity contribution in [1.29, 1.82) is 0 Å². The summed E-state index contributed by atoms with van der Waals surface area (Å²) in [7, 11) is -3.03. The van der Waals surface area contributed by atoms with Crippen LogP contribution in [0.15, 0.2) is 0 Å². The van der Waals surface area contributed by atoms with Gasteiger partial charge in [-0.1, -0.05) is 26.7 Å². The lowest BCUT2D eigenvalue weighted by molar-refractivity contribution is 0.422. The van der Waals surface area contributed by atoms with Crippen LogP contribution in [0.25, 0.3) is 0 Å². The standard InChI is InChI=1S/C11H24N2O2S/c1-11(2)12-7-10-16(14,15)13-8-5-3-4-6-9-13/h11-12H,3-10H2,1-2H3. The Labute approximate surface area is 99.5 Å². The minimum Gasteiger partial charge on any atom is -0.313 e. The van der Waals surface area contributed by atoms with E-state index >= 15 is 0 Å². The zero-order valence-electron chi connectivity index (χ0n) is 10.4. The Bertz CT molecular complexity index is 280. The highest BCUT2D eigenvalue weighted by atomic mass is 32.2. The highest BCUT2D eigenvalue weighted by molar-refractivity contribution is 7.89. The van der Waals surface area contributed by atoms with Crippen molar-refractivity contribution in [2.75, 3.05) is 25.4 Å². The first-order chi connectivity index (χ1) is 7.52. The Hall–Kier alpha value is -0.130. The highest BCUT2D eigenvalue weighted by Crippen LogP contribution is 2.13. The second-order valence-corrected chi connectivity index (χ2v) is 6.83. The summed E-state index contributed by atoms with van der Waals surface area (Å²) >= 11 is 0. The molecule has 0 spiro atoms. The molecule has 0 amide bonds. The molecular formula is C11H24N2O2S. The minimum atomic E-state index is -3.03. The van der Waals surface area contributed by atoms with E-state index in [1.165, 1.54) is 0 Å². The topological polar surface area (TPSA) is 49.4 Å². The van der Waals surface area contributed by atoms with E-state index in [1.807, 2.05) is 13.8 Å². The van der Waals surface area contributed by atoms with Crippen molar-refractivity contribution in [2.24, 2.45) is 0 Å². The zero-order valence-corrected chi connectivity index (χ0v) is 11.2. The fraction of sp³-hybridized carbons (Fsp3) is 1.00. The third-order valence-electron chi connectivity index (χ3n) is 2.87. The Kier molecular flexibility index (Phi) is 5.72. The van der Waals surface area contributed by atoms with Crippen LogP contribution in [0, 0.1) is 0 Å². The Morgan fingerprint density at radius 2 is 1.69 bits per heavy atom. The summed E-state index contributed by atoms with van der Waals surface area (Å²) in [6.07, 6.45) is 4.35. The molecule has 0 aromatic heterocycles. The first-order valence-electron chi connectivity index (χ1n) is 6.23. The lowest BCUT2D eigenvalue weighted by atomic mass is 10.2. The molecule has 0 aromatic carbocycles. The fourth-order valence-electron chi connectivity index (χ4n) is 1.93. The third kappa shape index (κ3) is 4.80. The monoisotopic (exact) mass is 248 g/mol. The van der Waals surface area contributed by atoms with Crippen LogP contribution in [0.2, 0.25) is 0 Å². The van der Waals surface area contributed by atoms with Gasteiger partial charge in [-0.05, 0) is 12.8 Å². The smallest absolute Gasteiger partial charge is 0.215 e. The number of hydrogen-bond donors (Lipinski definition) is 1. The molecule has 1 rings (SSSR count). The highest BCUT2D eigenvalue weighted by Gasteiger charge is 2.22. The maximum Gasteiger partial charge on any atom is 0.215 e. The van der Waals surface area contributed by atoms with Crippen molar-refractivity contribution in [1.82, 2.24) is 9.62 Å². The molecule has 1 heterocycles. The van der Waals surface area contributed by atoms with Gasteiger partial charge >= 0.3 is 0 Å². The van der Waals surface area contributed by atoms with Crippen LogP contribution in [-0.2, 0) is 10.0 Å². The average molecular weight is 248 g/mol. The molecule has 1 aliphatic rings. The summed E-state index contributed by atoms with van der Waals surface area (Å²) in [5, 5.41) is 3.15. The van der Waals surface area contributed by atoms with E-state index in [1.54, 1.807) is 4.31 Å². The predicted molar refractivity (Wildman–Crippen MR) is 67.0 cm³/mol. The summed E-state index contributed by atoms with van der Waals surface area (Å²) in [5.74, 6) is 0.227. The molecular weight excluding hydrogens is 224 g/mol. The van der Waals surface area contributed by atoms with E-state index in [-0.39, 0.29) is 5.75 Å². The van der Waals surface area contributed by atoms with Crippen molar-refractivity contribution in [2.45, 2.75) is 45.6 Å². The molecule has 0 bridgehead atoms. The van der Waals surface area contributed by atoms with Gasteiger partial charge in [-0.3, -0.25) is 0 Å². The van der Waals surface area contributed by atoms with Crippen molar-refractivity contribution in [3.05, 3.63) is 0 Å². The van der Waals surface area contributed by atoms with Gasteiger partial charge in [-0.2, -0.15) is 0 Å². The average Bonchev–Trinajstić information content (AvgIpc) is 2.44. The number of nitrogens with zero attached hydrogens (tertiary/aromatic N) is 1. The maximum absolute atomic E-state index is 12.0. The number of nitrogens with one attached hydrogen (secondary N) is 1. The summed E-state index contributed by atoms with van der Waals surface area (Å²) < 4.78 is 25.7. The van der Waals surface area contributed by atoms with Gasteiger partial charge in [-0.25, -0.2) is 12.7 Å². The molecule has 0 atom stereocenters. The molecule has 1 aliphatic heterocycles. The van der Waals surface area contributed by atoms with Crippen LogP contribution in [0.3, 0.4) is 0 Å². The van der Waals surface area contributed by atoms with Gasteiger partial charge in [0.25, 0.3) is 0 Å². The van der Waals surface area contributed by atoms with Crippen molar-refractivity contribution in [3.8, 4) is 0 Å². The third-order valence-corrected chi connectivity index (χ3v) is 4.74. The Morgan fingerprint density at radius 1 is 1.12 bits per heavy atom. The molecule has 0 aliphatic carbocycles. The Balaban J connectivity index is 2.42. The van der Waals surface area contributed by atoms with Gasteiger partial charge in [0.15, 0.2) is 0 Å².